The Labute approximate surface area is 128 Å². The van der Waals surface area contributed by atoms with Crippen molar-refractivity contribution in [3.05, 3.63) is 24.3 Å². The van der Waals surface area contributed by atoms with Crippen LogP contribution in [0, 0.1) is 0 Å². The fourth-order valence-corrected chi connectivity index (χ4v) is 3.48. The van der Waals surface area contributed by atoms with Gasteiger partial charge in [-0.25, -0.2) is 13.1 Å². The fourth-order valence-electron chi connectivity index (χ4n) is 1.64. The predicted molar refractivity (Wildman–Crippen MR) is 86.3 cm³/mol. The Morgan fingerprint density at radius 1 is 1.43 bits per heavy atom. The molecule has 0 amide bonds. The summed E-state index contributed by atoms with van der Waals surface area (Å²) in [6.07, 6.45) is 2.14. The number of benzene rings is 1. The summed E-state index contributed by atoms with van der Waals surface area (Å²) in [6, 6.07) is 6.58. The van der Waals surface area contributed by atoms with Gasteiger partial charge in [0.25, 0.3) is 0 Å². The summed E-state index contributed by atoms with van der Waals surface area (Å²) in [5.74, 6) is 0.879. The summed E-state index contributed by atoms with van der Waals surface area (Å²) in [6.45, 7) is 1.80. The van der Waals surface area contributed by atoms with Gasteiger partial charge in [0.1, 0.15) is 12.4 Å². The number of ether oxygens (including phenoxy) is 1. The number of anilines is 1. The van der Waals surface area contributed by atoms with E-state index in [2.05, 4.69) is 4.72 Å². The first kappa shape index (κ1) is 17.9. The monoisotopic (exact) mass is 334 g/mol. The molecule has 0 aliphatic heterocycles. The van der Waals surface area contributed by atoms with Crippen molar-refractivity contribution in [3.63, 3.8) is 0 Å². The van der Waals surface area contributed by atoms with E-state index in [-0.39, 0.29) is 18.4 Å². The normalized spacial score (nSPS) is 14.6. The molecule has 0 saturated heterocycles. The topological polar surface area (TPSA) is 98.5 Å². The van der Waals surface area contributed by atoms with Gasteiger partial charge in [-0.05, 0) is 25.5 Å². The highest BCUT2D eigenvalue weighted by Gasteiger charge is 2.15. The highest BCUT2D eigenvalue weighted by Crippen LogP contribution is 2.14. The molecule has 0 spiro atoms. The molecule has 0 heterocycles. The quantitative estimate of drug-likeness (QED) is 0.649. The van der Waals surface area contributed by atoms with Crippen molar-refractivity contribution < 1.29 is 17.4 Å². The van der Waals surface area contributed by atoms with Gasteiger partial charge in [0.2, 0.25) is 10.0 Å². The van der Waals surface area contributed by atoms with Crippen LogP contribution in [-0.4, -0.2) is 43.0 Å². The molecule has 0 aliphatic carbocycles. The first-order chi connectivity index (χ1) is 9.78. The summed E-state index contributed by atoms with van der Waals surface area (Å²) < 4.78 is 42.6. The SMILES string of the molecule is CC(CCS(C)=O)NS(=O)(=O)CCOc1cccc(N)c1. The molecular weight excluding hydrogens is 312 g/mol. The number of hydrogen-bond donors (Lipinski definition) is 2. The van der Waals surface area contributed by atoms with E-state index in [4.69, 9.17) is 10.5 Å². The molecule has 0 aliphatic rings. The molecule has 21 heavy (non-hydrogen) atoms. The molecule has 6 nitrogen and oxygen atoms in total. The molecule has 2 unspecified atom stereocenters. The van der Waals surface area contributed by atoms with E-state index in [9.17, 15) is 12.6 Å². The van der Waals surface area contributed by atoms with Gasteiger partial charge in [-0.2, -0.15) is 0 Å². The van der Waals surface area contributed by atoms with Crippen LogP contribution in [0.4, 0.5) is 5.69 Å². The second-order valence-electron chi connectivity index (χ2n) is 4.82. The van der Waals surface area contributed by atoms with Gasteiger partial charge in [0.15, 0.2) is 0 Å². The van der Waals surface area contributed by atoms with Crippen molar-refractivity contribution in [2.24, 2.45) is 0 Å². The van der Waals surface area contributed by atoms with Gasteiger partial charge in [-0.15, -0.1) is 0 Å². The van der Waals surface area contributed by atoms with E-state index in [1.165, 1.54) is 0 Å². The zero-order valence-electron chi connectivity index (χ0n) is 12.2. The molecule has 1 aromatic carbocycles. The van der Waals surface area contributed by atoms with Crippen molar-refractivity contribution in [2.75, 3.05) is 30.1 Å². The van der Waals surface area contributed by atoms with Crippen LogP contribution in [-0.2, 0) is 20.8 Å². The van der Waals surface area contributed by atoms with E-state index < -0.39 is 20.8 Å². The highest BCUT2D eigenvalue weighted by atomic mass is 32.2. The minimum absolute atomic E-state index is 0.0468. The predicted octanol–water partition coefficient (Wildman–Crippen LogP) is 0.724. The molecular formula is C13H22N2O4S2. The molecule has 120 valence electrons. The minimum Gasteiger partial charge on any atom is -0.492 e. The second-order valence-corrected chi connectivity index (χ2v) is 8.25. The Bertz CT molecular complexity index is 575. The molecule has 3 N–H and O–H groups in total. The number of rotatable bonds is 9. The fraction of sp³-hybridized carbons (Fsp3) is 0.538. The van der Waals surface area contributed by atoms with Crippen molar-refractivity contribution in [3.8, 4) is 5.75 Å². The molecule has 0 radical (unpaired) electrons. The molecule has 0 aromatic heterocycles. The number of hydrogen-bond acceptors (Lipinski definition) is 5. The third-order valence-corrected chi connectivity index (χ3v) is 4.97. The summed E-state index contributed by atoms with van der Waals surface area (Å²) in [4.78, 5) is 0. The third-order valence-electron chi connectivity index (χ3n) is 2.70. The average molecular weight is 334 g/mol. The molecule has 0 bridgehead atoms. The van der Waals surface area contributed by atoms with Gasteiger partial charge < -0.3 is 10.5 Å². The van der Waals surface area contributed by atoms with Crippen molar-refractivity contribution in [1.29, 1.82) is 0 Å². The van der Waals surface area contributed by atoms with Gasteiger partial charge in [0, 0.05) is 40.6 Å². The van der Waals surface area contributed by atoms with Crippen LogP contribution in [0.5, 0.6) is 5.75 Å². The average Bonchev–Trinajstić information content (AvgIpc) is 2.35. The number of nitrogen functional groups attached to an aromatic ring is 1. The maximum atomic E-state index is 11.9. The molecule has 8 heteroatoms. The van der Waals surface area contributed by atoms with Crippen molar-refractivity contribution in [1.82, 2.24) is 4.72 Å². The maximum Gasteiger partial charge on any atom is 0.215 e. The Kier molecular flexibility index (Phi) is 7.13. The van der Waals surface area contributed by atoms with Gasteiger partial charge in [-0.3, -0.25) is 4.21 Å². The number of nitrogens with one attached hydrogen (secondary N) is 1. The van der Waals surface area contributed by atoms with E-state index in [0.717, 1.165) is 0 Å². The lowest BCUT2D eigenvalue weighted by molar-refractivity contribution is 0.340. The highest BCUT2D eigenvalue weighted by molar-refractivity contribution is 7.89. The van der Waals surface area contributed by atoms with Crippen LogP contribution < -0.4 is 15.2 Å². The Morgan fingerprint density at radius 2 is 2.14 bits per heavy atom. The van der Waals surface area contributed by atoms with Gasteiger partial charge in [0.05, 0.1) is 5.75 Å². The van der Waals surface area contributed by atoms with Crippen LogP contribution in [0.1, 0.15) is 13.3 Å². The largest absolute Gasteiger partial charge is 0.492 e. The summed E-state index contributed by atoms with van der Waals surface area (Å²) in [5.41, 5.74) is 6.17. The summed E-state index contributed by atoms with van der Waals surface area (Å²) in [5, 5.41) is 0. The van der Waals surface area contributed by atoms with Crippen LogP contribution in [0.25, 0.3) is 0 Å². The van der Waals surface area contributed by atoms with Crippen LogP contribution in [0.2, 0.25) is 0 Å². The van der Waals surface area contributed by atoms with Crippen molar-refractivity contribution in [2.45, 2.75) is 19.4 Å². The Balaban J connectivity index is 2.37. The first-order valence-electron chi connectivity index (χ1n) is 6.57. The number of sulfonamides is 1. The van der Waals surface area contributed by atoms with Crippen LogP contribution in [0.15, 0.2) is 24.3 Å². The maximum absolute atomic E-state index is 11.9. The van der Waals surface area contributed by atoms with E-state index >= 15 is 0 Å². The standard InChI is InChI=1S/C13H22N2O4S2/c1-11(6-8-20(2)16)15-21(17,18)9-7-19-13-5-3-4-12(14)10-13/h3-5,10-11,15H,6-9,14H2,1-2H3. The van der Waals surface area contributed by atoms with E-state index in [0.29, 0.717) is 23.6 Å². The minimum atomic E-state index is -3.41. The van der Waals surface area contributed by atoms with E-state index in [1.54, 1.807) is 37.4 Å². The second kappa shape index (κ2) is 8.35. The Hall–Kier alpha value is -1.12. The summed E-state index contributed by atoms with van der Waals surface area (Å²) >= 11 is 0. The lowest BCUT2D eigenvalue weighted by Crippen LogP contribution is -2.36. The summed E-state index contributed by atoms with van der Waals surface area (Å²) in [7, 11) is -4.33. The Morgan fingerprint density at radius 3 is 2.76 bits per heavy atom. The number of nitrogens with two attached hydrogens (primary N) is 1. The third kappa shape index (κ3) is 8.03. The van der Waals surface area contributed by atoms with Crippen LogP contribution >= 0.6 is 0 Å². The van der Waals surface area contributed by atoms with Gasteiger partial charge >= 0.3 is 0 Å². The smallest absolute Gasteiger partial charge is 0.215 e. The molecule has 1 aromatic rings. The zero-order valence-corrected chi connectivity index (χ0v) is 13.9. The molecule has 1 rings (SSSR count). The molecule has 0 fully saturated rings. The van der Waals surface area contributed by atoms with Crippen molar-refractivity contribution >= 4 is 26.5 Å². The first-order valence-corrected chi connectivity index (χ1v) is 9.95. The molecule has 0 saturated carbocycles. The van der Waals surface area contributed by atoms with Crippen LogP contribution in [0.3, 0.4) is 0 Å². The lowest BCUT2D eigenvalue weighted by Gasteiger charge is -2.14. The zero-order chi connectivity index (χ0) is 15.9. The lowest BCUT2D eigenvalue weighted by atomic mass is 10.3. The molecule has 2 atom stereocenters. The van der Waals surface area contributed by atoms with Gasteiger partial charge in [-0.1, -0.05) is 6.07 Å². The van der Waals surface area contributed by atoms with E-state index in [1.807, 2.05) is 0 Å².